The molecule has 0 spiro atoms. The van der Waals surface area contributed by atoms with E-state index >= 15 is 0 Å². The monoisotopic (exact) mass is 169 g/mol. The summed E-state index contributed by atoms with van der Waals surface area (Å²) in [5.41, 5.74) is 0. The predicted molar refractivity (Wildman–Crippen MR) is 42.2 cm³/mol. The van der Waals surface area contributed by atoms with Crippen molar-refractivity contribution in [3.63, 3.8) is 0 Å². The summed E-state index contributed by atoms with van der Waals surface area (Å²) in [4.78, 5) is 21.5. The van der Waals surface area contributed by atoms with Crippen LogP contribution in [0.1, 0.15) is 25.7 Å². The summed E-state index contributed by atoms with van der Waals surface area (Å²) in [6.07, 6.45) is 3.87. The minimum absolute atomic E-state index is 0.0706. The number of nitrogens with one attached hydrogen (secondary N) is 1. The van der Waals surface area contributed by atoms with E-state index in [0.29, 0.717) is 6.04 Å². The van der Waals surface area contributed by atoms with Gasteiger partial charge in [-0.3, -0.25) is 0 Å². The molecule has 0 radical (unpaired) electrons. The average molecular weight is 169 g/mol. The Balaban J connectivity index is 1.85. The van der Waals surface area contributed by atoms with Crippen molar-refractivity contribution in [3.8, 4) is 0 Å². The van der Waals surface area contributed by atoms with Crippen LogP contribution in [0.25, 0.3) is 0 Å². The standard InChI is InChI=1S/C7H11N3O2/c11-7(8-5-1-2-5)10(9-12)6-3-4-6/h5-6H,1-4H2,(H,8,11). The molecular weight excluding hydrogens is 158 g/mol. The lowest BCUT2D eigenvalue weighted by molar-refractivity contribution is 0.196. The molecule has 5 heteroatoms. The normalized spacial score (nSPS) is 21.7. The van der Waals surface area contributed by atoms with Crippen molar-refractivity contribution >= 4 is 6.03 Å². The molecule has 0 unspecified atom stereocenters. The first-order chi connectivity index (χ1) is 5.81. The van der Waals surface area contributed by atoms with Crippen LogP contribution < -0.4 is 5.32 Å². The molecule has 2 amide bonds. The number of nitroso groups, excluding NO2 is 1. The maximum absolute atomic E-state index is 11.2. The first-order valence-corrected chi connectivity index (χ1v) is 4.24. The Morgan fingerprint density at radius 2 is 2.00 bits per heavy atom. The molecule has 2 saturated carbocycles. The first kappa shape index (κ1) is 7.52. The fourth-order valence-corrected chi connectivity index (χ4v) is 1.06. The van der Waals surface area contributed by atoms with Crippen LogP contribution in [-0.2, 0) is 0 Å². The van der Waals surface area contributed by atoms with E-state index in [1.54, 1.807) is 0 Å². The lowest BCUT2D eigenvalue weighted by Gasteiger charge is -2.12. The number of carbonyl (C=O) groups excluding carboxylic acids is 1. The predicted octanol–water partition coefficient (Wildman–Crippen LogP) is 1.00. The number of urea groups is 1. The first-order valence-electron chi connectivity index (χ1n) is 4.24. The minimum atomic E-state index is -0.324. The zero-order valence-electron chi connectivity index (χ0n) is 6.69. The molecule has 1 N–H and O–H groups in total. The number of amides is 2. The van der Waals surface area contributed by atoms with Crippen LogP contribution in [0.4, 0.5) is 4.79 Å². The molecule has 2 aliphatic rings. The Morgan fingerprint density at radius 1 is 1.33 bits per heavy atom. The van der Waals surface area contributed by atoms with Crippen LogP contribution >= 0.6 is 0 Å². The van der Waals surface area contributed by atoms with Gasteiger partial charge in [0, 0.05) is 6.04 Å². The second-order valence-corrected chi connectivity index (χ2v) is 3.38. The van der Waals surface area contributed by atoms with Gasteiger partial charge in [-0.1, -0.05) is 0 Å². The molecule has 0 aromatic heterocycles. The quantitative estimate of drug-likeness (QED) is 0.506. The van der Waals surface area contributed by atoms with Crippen LogP contribution in [-0.4, -0.2) is 23.1 Å². The van der Waals surface area contributed by atoms with Gasteiger partial charge in [0.25, 0.3) is 0 Å². The topological polar surface area (TPSA) is 61.8 Å². The molecule has 2 rings (SSSR count). The van der Waals surface area contributed by atoms with Gasteiger partial charge in [0.2, 0.25) is 0 Å². The van der Waals surface area contributed by atoms with Crippen molar-refractivity contribution in [2.75, 3.05) is 0 Å². The van der Waals surface area contributed by atoms with E-state index in [2.05, 4.69) is 10.6 Å². The van der Waals surface area contributed by atoms with Crippen LogP contribution in [0.2, 0.25) is 0 Å². The Bertz CT molecular complexity index is 211. The van der Waals surface area contributed by atoms with Crippen LogP contribution in [0.15, 0.2) is 5.29 Å². The molecule has 0 aromatic carbocycles. The maximum Gasteiger partial charge on any atom is 0.340 e. The van der Waals surface area contributed by atoms with Crippen molar-refractivity contribution in [1.29, 1.82) is 0 Å². The molecule has 2 aliphatic carbocycles. The van der Waals surface area contributed by atoms with Gasteiger partial charge in [-0.2, -0.15) is 5.01 Å². The van der Waals surface area contributed by atoms with E-state index in [-0.39, 0.29) is 12.1 Å². The molecule has 0 aliphatic heterocycles. The van der Waals surface area contributed by atoms with Crippen molar-refractivity contribution in [1.82, 2.24) is 10.3 Å². The zero-order chi connectivity index (χ0) is 8.55. The summed E-state index contributed by atoms with van der Waals surface area (Å²) in [6, 6.07) is 0.0387. The van der Waals surface area contributed by atoms with Crippen molar-refractivity contribution in [2.45, 2.75) is 37.8 Å². The fraction of sp³-hybridized carbons (Fsp3) is 0.857. The van der Waals surface area contributed by atoms with Crippen molar-refractivity contribution < 1.29 is 4.79 Å². The van der Waals surface area contributed by atoms with Crippen molar-refractivity contribution in [2.24, 2.45) is 5.29 Å². The van der Waals surface area contributed by atoms with Gasteiger partial charge in [0.15, 0.2) is 0 Å². The number of rotatable bonds is 3. The highest BCUT2D eigenvalue weighted by Gasteiger charge is 2.36. The molecule has 0 atom stereocenters. The van der Waals surface area contributed by atoms with Crippen LogP contribution in [0.3, 0.4) is 0 Å². The molecule has 66 valence electrons. The highest BCUT2D eigenvalue weighted by Crippen LogP contribution is 2.28. The van der Waals surface area contributed by atoms with E-state index in [1.807, 2.05) is 0 Å². The Kier molecular flexibility index (Phi) is 1.71. The third-order valence-corrected chi connectivity index (χ3v) is 2.09. The van der Waals surface area contributed by atoms with Crippen molar-refractivity contribution in [3.05, 3.63) is 4.91 Å². The molecule has 0 heterocycles. The van der Waals surface area contributed by atoms with E-state index in [0.717, 1.165) is 30.7 Å². The Labute approximate surface area is 70.1 Å². The van der Waals surface area contributed by atoms with E-state index in [4.69, 9.17) is 0 Å². The summed E-state index contributed by atoms with van der Waals surface area (Å²) in [7, 11) is 0. The van der Waals surface area contributed by atoms with E-state index < -0.39 is 0 Å². The summed E-state index contributed by atoms with van der Waals surface area (Å²) >= 11 is 0. The number of nitrogens with zero attached hydrogens (tertiary/aromatic N) is 2. The Morgan fingerprint density at radius 3 is 2.42 bits per heavy atom. The van der Waals surface area contributed by atoms with Crippen LogP contribution in [0, 0.1) is 4.91 Å². The molecule has 0 aromatic rings. The zero-order valence-corrected chi connectivity index (χ0v) is 6.69. The summed E-state index contributed by atoms with van der Waals surface area (Å²) < 4.78 is 0. The molecule has 12 heavy (non-hydrogen) atoms. The van der Waals surface area contributed by atoms with Gasteiger partial charge < -0.3 is 5.32 Å². The largest absolute Gasteiger partial charge is 0.340 e. The van der Waals surface area contributed by atoms with E-state index in [1.165, 1.54) is 0 Å². The second-order valence-electron chi connectivity index (χ2n) is 3.38. The average Bonchev–Trinajstić information content (AvgIpc) is 2.80. The maximum atomic E-state index is 11.2. The summed E-state index contributed by atoms with van der Waals surface area (Å²) in [6.45, 7) is 0. The highest BCUT2D eigenvalue weighted by atomic mass is 16.3. The van der Waals surface area contributed by atoms with Crippen LogP contribution in [0.5, 0.6) is 0 Å². The third-order valence-electron chi connectivity index (χ3n) is 2.09. The number of hydrogen-bond acceptors (Lipinski definition) is 3. The van der Waals surface area contributed by atoms with Gasteiger partial charge in [0.05, 0.1) is 11.3 Å². The minimum Gasteiger partial charge on any atom is -0.334 e. The lowest BCUT2D eigenvalue weighted by atomic mass is 10.6. The van der Waals surface area contributed by atoms with Gasteiger partial charge in [-0.25, -0.2) is 4.79 Å². The van der Waals surface area contributed by atoms with E-state index in [9.17, 15) is 9.70 Å². The lowest BCUT2D eigenvalue weighted by Crippen LogP contribution is -2.38. The summed E-state index contributed by atoms with van der Waals surface area (Å²) in [5, 5.41) is 6.45. The molecule has 2 fully saturated rings. The molecule has 0 saturated heterocycles. The van der Waals surface area contributed by atoms with Gasteiger partial charge in [-0.05, 0) is 25.7 Å². The highest BCUT2D eigenvalue weighted by molar-refractivity contribution is 5.75. The fourth-order valence-electron chi connectivity index (χ4n) is 1.06. The summed E-state index contributed by atoms with van der Waals surface area (Å²) in [5.74, 6) is 0. The van der Waals surface area contributed by atoms with Gasteiger partial charge in [-0.15, -0.1) is 4.91 Å². The third kappa shape index (κ3) is 1.54. The van der Waals surface area contributed by atoms with Gasteiger partial charge >= 0.3 is 6.03 Å². The smallest absolute Gasteiger partial charge is 0.334 e. The SMILES string of the molecule is O=NN(C(=O)NC1CC1)C1CC1. The molecule has 0 bridgehead atoms. The number of hydrogen-bond donors (Lipinski definition) is 1. The number of carbonyl (C=O) groups is 1. The molecule has 5 nitrogen and oxygen atoms in total. The second kappa shape index (κ2) is 2.73. The molecular formula is C7H11N3O2. The Hall–Kier alpha value is -1.13. The van der Waals surface area contributed by atoms with Gasteiger partial charge in [0.1, 0.15) is 0 Å².